The Morgan fingerprint density at radius 1 is 1.36 bits per heavy atom. The second-order valence-electron chi connectivity index (χ2n) is 6.04. The summed E-state index contributed by atoms with van der Waals surface area (Å²) in [6.07, 6.45) is 2.24. The SMILES string of the molecule is O=C(NCCCl)N1CCCC(c2nnc(Cc3ccc(F)cc3)o2)C1. The zero-order chi connectivity index (χ0) is 17.6. The fourth-order valence-electron chi connectivity index (χ4n) is 2.91. The maximum absolute atomic E-state index is 13.0. The lowest BCUT2D eigenvalue weighted by molar-refractivity contribution is 0.174. The van der Waals surface area contributed by atoms with E-state index in [0.717, 1.165) is 18.4 Å². The summed E-state index contributed by atoms with van der Waals surface area (Å²) in [6, 6.07) is 6.10. The number of carbonyl (C=O) groups excluding carboxylic acids is 1. The van der Waals surface area contributed by atoms with Crippen LogP contribution in [0.2, 0.25) is 0 Å². The van der Waals surface area contributed by atoms with E-state index in [2.05, 4.69) is 15.5 Å². The number of hydrogen-bond acceptors (Lipinski definition) is 4. The number of aromatic nitrogens is 2. The normalized spacial score (nSPS) is 17.5. The number of benzene rings is 1. The highest BCUT2D eigenvalue weighted by Gasteiger charge is 2.28. The van der Waals surface area contributed by atoms with E-state index < -0.39 is 0 Å². The fraction of sp³-hybridized carbons (Fsp3) is 0.471. The van der Waals surface area contributed by atoms with Crippen LogP contribution in [0.4, 0.5) is 9.18 Å². The summed E-state index contributed by atoms with van der Waals surface area (Å²) >= 11 is 5.60. The number of nitrogens with zero attached hydrogens (tertiary/aromatic N) is 3. The first-order valence-corrected chi connectivity index (χ1v) is 8.84. The highest BCUT2D eigenvalue weighted by molar-refractivity contribution is 6.18. The second kappa shape index (κ2) is 8.29. The Balaban J connectivity index is 1.61. The molecule has 134 valence electrons. The van der Waals surface area contributed by atoms with Gasteiger partial charge in [-0.3, -0.25) is 0 Å². The number of piperidine rings is 1. The summed E-state index contributed by atoms with van der Waals surface area (Å²) in [6.45, 7) is 1.71. The van der Waals surface area contributed by atoms with Gasteiger partial charge in [0.15, 0.2) is 0 Å². The number of halogens is 2. The minimum absolute atomic E-state index is 0.0324. The molecule has 2 heterocycles. The van der Waals surface area contributed by atoms with E-state index in [4.69, 9.17) is 16.0 Å². The summed E-state index contributed by atoms with van der Waals surface area (Å²) in [5.41, 5.74) is 0.905. The molecule has 0 bridgehead atoms. The number of hydrogen-bond donors (Lipinski definition) is 1. The lowest BCUT2D eigenvalue weighted by atomic mass is 9.98. The lowest BCUT2D eigenvalue weighted by Crippen LogP contribution is -2.45. The largest absolute Gasteiger partial charge is 0.425 e. The highest BCUT2D eigenvalue weighted by atomic mass is 35.5. The third-order valence-corrected chi connectivity index (χ3v) is 4.37. The Bertz CT molecular complexity index is 707. The summed E-state index contributed by atoms with van der Waals surface area (Å²) in [4.78, 5) is 13.8. The molecule has 1 aromatic heterocycles. The van der Waals surface area contributed by atoms with Crippen LogP contribution in [0.1, 0.15) is 36.1 Å². The van der Waals surface area contributed by atoms with Crippen molar-refractivity contribution in [1.29, 1.82) is 0 Å². The third-order valence-electron chi connectivity index (χ3n) is 4.18. The van der Waals surface area contributed by atoms with Crippen molar-refractivity contribution in [3.05, 3.63) is 47.4 Å². The van der Waals surface area contributed by atoms with Gasteiger partial charge in [0, 0.05) is 25.5 Å². The topological polar surface area (TPSA) is 71.3 Å². The molecule has 1 aliphatic rings. The Morgan fingerprint density at radius 3 is 2.92 bits per heavy atom. The van der Waals surface area contributed by atoms with E-state index in [0.29, 0.717) is 43.7 Å². The van der Waals surface area contributed by atoms with Crippen LogP contribution in [0.15, 0.2) is 28.7 Å². The number of nitrogens with one attached hydrogen (secondary N) is 1. The van der Waals surface area contributed by atoms with Gasteiger partial charge in [0.1, 0.15) is 5.82 Å². The molecule has 6 nitrogen and oxygen atoms in total. The van der Waals surface area contributed by atoms with Crippen LogP contribution in [0.5, 0.6) is 0 Å². The van der Waals surface area contributed by atoms with Crippen molar-refractivity contribution in [2.45, 2.75) is 25.2 Å². The first kappa shape index (κ1) is 17.7. The molecular formula is C17H20ClFN4O2. The monoisotopic (exact) mass is 366 g/mol. The molecule has 1 atom stereocenters. The Kier molecular flexibility index (Phi) is 5.86. The van der Waals surface area contributed by atoms with Crippen LogP contribution in [0.25, 0.3) is 0 Å². The molecule has 0 spiro atoms. The molecule has 1 unspecified atom stereocenters. The zero-order valence-corrected chi connectivity index (χ0v) is 14.5. The number of urea groups is 1. The second-order valence-corrected chi connectivity index (χ2v) is 6.42. The highest BCUT2D eigenvalue weighted by Crippen LogP contribution is 2.26. The standard InChI is InChI=1S/C17H20ClFN4O2/c18-7-8-20-17(24)23-9-1-2-13(11-23)16-22-21-15(25-16)10-12-3-5-14(19)6-4-12/h3-6,13H,1-2,7-11H2,(H,20,24). The van der Waals surface area contributed by atoms with Gasteiger partial charge in [0.2, 0.25) is 11.8 Å². The molecule has 0 radical (unpaired) electrons. The van der Waals surface area contributed by atoms with Crippen molar-refractivity contribution < 1.29 is 13.6 Å². The molecule has 0 aliphatic carbocycles. The van der Waals surface area contributed by atoms with Crippen LogP contribution in [-0.4, -0.2) is 46.6 Å². The van der Waals surface area contributed by atoms with Gasteiger partial charge in [0.25, 0.3) is 0 Å². The Labute approximate surface area is 150 Å². The average molecular weight is 367 g/mol. The average Bonchev–Trinajstić information content (AvgIpc) is 3.10. The van der Waals surface area contributed by atoms with Crippen molar-refractivity contribution in [3.8, 4) is 0 Å². The van der Waals surface area contributed by atoms with Crippen LogP contribution < -0.4 is 5.32 Å². The van der Waals surface area contributed by atoms with Gasteiger partial charge >= 0.3 is 6.03 Å². The lowest BCUT2D eigenvalue weighted by Gasteiger charge is -2.31. The quantitative estimate of drug-likeness (QED) is 0.826. The summed E-state index contributed by atoms with van der Waals surface area (Å²) < 4.78 is 18.7. The number of carbonyl (C=O) groups is 1. The van der Waals surface area contributed by atoms with E-state index in [1.165, 1.54) is 12.1 Å². The van der Waals surface area contributed by atoms with E-state index in [1.54, 1.807) is 17.0 Å². The molecule has 3 rings (SSSR count). The van der Waals surface area contributed by atoms with Crippen LogP contribution in [0, 0.1) is 5.82 Å². The molecule has 1 aliphatic heterocycles. The summed E-state index contributed by atoms with van der Waals surface area (Å²) in [5.74, 6) is 1.19. The number of alkyl halides is 1. The third kappa shape index (κ3) is 4.69. The van der Waals surface area contributed by atoms with E-state index in [-0.39, 0.29) is 17.8 Å². The van der Waals surface area contributed by atoms with Crippen LogP contribution >= 0.6 is 11.6 Å². The van der Waals surface area contributed by atoms with Gasteiger partial charge in [-0.15, -0.1) is 21.8 Å². The van der Waals surface area contributed by atoms with E-state index in [1.807, 2.05) is 0 Å². The molecule has 1 N–H and O–H groups in total. The van der Waals surface area contributed by atoms with Crippen LogP contribution in [0.3, 0.4) is 0 Å². The molecule has 2 aromatic rings. The molecule has 1 fully saturated rings. The molecular weight excluding hydrogens is 347 g/mol. The summed E-state index contributed by atoms with van der Waals surface area (Å²) in [7, 11) is 0. The number of amides is 2. The van der Waals surface area contributed by atoms with Crippen LogP contribution in [-0.2, 0) is 6.42 Å². The van der Waals surface area contributed by atoms with Gasteiger partial charge in [-0.05, 0) is 30.5 Å². The molecule has 1 aromatic carbocycles. The summed E-state index contributed by atoms with van der Waals surface area (Å²) in [5, 5.41) is 11.0. The van der Waals surface area contributed by atoms with Crippen molar-refractivity contribution in [1.82, 2.24) is 20.4 Å². The van der Waals surface area contributed by atoms with Crippen molar-refractivity contribution in [2.24, 2.45) is 0 Å². The first-order chi connectivity index (χ1) is 12.2. The van der Waals surface area contributed by atoms with Crippen molar-refractivity contribution in [3.63, 3.8) is 0 Å². The predicted molar refractivity (Wildman–Crippen MR) is 91.2 cm³/mol. The van der Waals surface area contributed by atoms with Gasteiger partial charge in [0.05, 0.1) is 12.3 Å². The number of likely N-dealkylation sites (tertiary alicyclic amines) is 1. The maximum atomic E-state index is 13.0. The van der Waals surface area contributed by atoms with Gasteiger partial charge < -0.3 is 14.6 Å². The van der Waals surface area contributed by atoms with Gasteiger partial charge in [-0.2, -0.15) is 0 Å². The molecule has 0 saturated carbocycles. The minimum Gasteiger partial charge on any atom is -0.425 e. The number of rotatable bonds is 5. The first-order valence-electron chi connectivity index (χ1n) is 8.31. The molecule has 2 amide bonds. The molecule has 25 heavy (non-hydrogen) atoms. The van der Waals surface area contributed by atoms with E-state index >= 15 is 0 Å². The van der Waals surface area contributed by atoms with Crippen molar-refractivity contribution in [2.75, 3.05) is 25.5 Å². The van der Waals surface area contributed by atoms with Gasteiger partial charge in [-0.1, -0.05) is 12.1 Å². The van der Waals surface area contributed by atoms with Gasteiger partial charge in [-0.25, -0.2) is 9.18 Å². The maximum Gasteiger partial charge on any atom is 0.317 e. The minimum atomic E-state index is -0.273. The smallest absolute Gasteiger partial charge is 0.317 e. The fourth-order valence-corrected chi connectivity index (χ4v) is 3.00. The molecule has 1 saturated heterocycles. The van der Waals surface area contributed by atoms with E-state index in [9.17, 15) is 9.18 Å². The predicted octanol–water partition coefficient (Wildman–Crippen LogP) is 2.93. The van der Waals surface area contributed by atoms with Crippen molar-refractivity contribution >= 4 is 17.6 Å². The molecule has 8 heteroatoms. The Morgan fingerprint density at radius 2 is 2.16 bits per heavy atom. The zero-order valence-electron chi connectivity index (χ0n) is 13.8. The Hall–Kier alpha value is -2.15.